The second kappa shape index (κ2) is 3.39. The molecule has 1 heteroatoms. The maximum Gasteiger partial charge on any atom is 0.0738 e. The monoisotopic (exact) mass is 190 g/mol. The topological polar surface area (TPSA) is 9.23 Å². The van der Waals surface area contributed by atoms with Gasteiger partial charge in [-0.2, -0.15) is 0 Å². The average Bonchev–Trinajstić information content (AvgIpc) is 2.38. The first-order valence-electron chi connectivity index (χ1n) is 5.34. The van der Waals surface area contributed by atoms with Crippen LogP contribution >= 0.6 is 0 Å². The molecule has 1 aromatic carbocycles. The molecule has 0 saturated heterocycles. The molecule has 2 rings (SSSR count). The minimum absolute atomic E-state index is 0.0256. The average molecular weight is 190 g/mol. The Morgan fingerprint density at radius 3 is 2.07 bits per heavy atom. The maximum absolute atomic E-state index is 5.98. The van der Waals surface area contributed by atoms with E-state index in [0.717, 1.165) is 12.8 Å². The largest absolute Gasteiger partial charge is 0.372 e. The number of hydrogen-bond donors (Lipinski definition) is 0. The fourth-order valence-corrected chi connectivity index (χ4v) is 2.42. The van der Waals surface area contributed by atoms with E-state index in [9.17, 15) is 0 Å². The predicted octanol–water partition coefficient (Wildman–Crippen LogP) is 2.97. The molecule has 0 amide bonds. The third kappa shape index (κ3) is 1.83. The smallest absolute Gasteiger partial charge is 0.0738 e. The van der Waals surface area contributed by atoms with Crippen molar-refractivity contribution in [2.45, 2.75) is 45.3 Å². The third-order valence-corrected chi connectivity index (χ3v) is 2.77. The molecule has 1 aromatic rings. The summed E-state index contributed by atoms with van der Waals surface area (Å²) in [5, 5.41) is 0. The van der Waals surface area contributed by atoms with Crippen LogP contribution in [-0.4, -0.2) is 11.7 Å². The van der Waals surface area contributed by atoms with Crippen LogP contribution in [0.15, 0.2) is 24.3 Å². The zero-order valence-corrected chi connectivity index (χ0v) is 9.21. The summed E-state index contributed by atoms with van der Waals surface area (Å²) in [6, 6.07) is 8.65. The van der Waals surface area contributed by atoms with Crippen molar-refractivity contribution in [3.8, 4) is 0 Å². The van der Waals surface area contributed by atoms with E-state index >= 15 is 0 Å². The van der Waals surface area contributed by atoms with Gasteiger partial charge >= 0.3 is 0 Å². The SMILES string of the molecule is CC(C)OC1(C)Cc2ccccc2C1. The molecule has 0 unspecified atom stereocenters. The fraction of sp³-hybridized carbons (Fsp3) is 0.538. The first-order valence-corrected chi connectivity index (χ1v) is 5.34. The second-order valence-electron chi connectivity index (χ2n) is 4.74. The molecule has 0 heterocycles. The quantitative estimate of drug-likeness (QED) is 0.696. The van der Waals surface area contributed by atoms with Crippen LogP contribution in [0.5, 0.6) is 0 Å². The number of fused-ring (bicyclic) bond motifs is 1. The molecule has 0 N–H and O–H groups in total. The standard InChI is InChI=1S/C13H18O/c1-10(2)14-13(3)8-11-6-4-5-7-12(11)9-13/h4-7,10H,8-9H2,1-3H3. The van der Waals surface area contributed by atoms with E-state index < -0.39 is 0 Å². The Balaban J connectivity index is 2.17. The number of hydrogen-bond acceptors (Lipinski definition) is 1. The highest BCUT2D eigenvalue weighted by molar-refractivity contribution is 5.34. The predicted molar refractivity (Wildman–Crippen MR) is 58.5 cm³/mol. The maximum atomic E-state index is 5.98. The van der Waals surface area contributed by atoms with Crippen LogP contribution in [0.1, 0.15) is 31.9 Å². The van der Waals surface area contributed by atoms with E-state index in [1.807, 2.05) is 0 Å². The van der Waals surface area contributed by atoms with Gasteiger partial charge in [-0.05, 0) is 31.9 Å². The van der Waals surface area contributed by atoms with E-state index in [1.165, 1.54) is 11.1 Å². The summed E-state index contributed by atoms with van der Waals surface area (Å²) < 4.78 is 5.98. The Morgan fingerprint density at radius 1 is 1.14 bits per heavy atom. The lowest BCUT2D eigenvalue weighted by Gasteiger charge is -2.27. The molecule has 0 atom stereocenters. The third-order valence-electron chi connectivity index (χ3n) is 2.77. The molecule has 1 nitrogen and oxygen atoms in total. The number of benzene rings is 1. The fourth-order valence-electron chi connectivity index (χ4n) is 2.42. The van der Waals surface area contributed by atoms with Crippen LogP contribution in [0.3, 0.4) is 0 Å². The summed E-state index contributed by atoms with van der Waals surface area (Å²) in [6.07, 6.45) is 2.43. The van der Waals surface area contributed by atoms with Crippen molar-refractivity contribution in [1.82, 2.24) is 0 Å². The van der Waals surface area contributed by atoms with E-state index in [-0.39, 0.29) is 5.60 Å². The van der Waals surface area contributed by atoms with Crippen LogP contribution in [0.4, 0.5) is 0 Å². The summed E-state index contributed by atoms with van der Waals surface area (Å²) in [6.45, 7) is 6.43. The molecule has 1 aliphatic carbocycles. The lowest BCUT2D eigenvalue weighted by atomic mass is 10.0. The Labute approximate surface area is 86.1 Å². The van der Waals surface area contributed by atoms with Gasteiger partial charge in [0.1, 0.15) is 0 Å². The van der Waals surface area contributed by atoms with Gasteiger partial charge in [0.05, 0.1) is 11.7 Å². The van der Waals surface area contributed by atoms with Gasteiger partial charge in [-0.15, -0.1) is 0 Å². The lowest BCUT2D eigenvalue weighted by Crippen LogP contribution is -2.32. The minimum Gasteiger partial charge on any atom is -0.372 e. The molecule has 0 fully saturated rings. The Kier molecular flexibility index (Phi) is 2.36. The summed E-state index contributed by atoms with van der Waals surface area (Å²) in [4.78, 5) is 0. The number of rotatable bonds is 2. The molecule has 0 radical (unpaired) electrons. The van der Waals surface area contributed by atoms with Crippen LogP contribution in [0.2, 0.25) is 0 Å². The van der Waals surface area contributed by atoms with Crippen molar-refractivity contribution < 1.29 is 4.74 Å². The zero-order valence-electron chi connectivity index (χ0n) is 9.21. The van der Waals surface area contributed by atoms with Crippen molar-refractivity contribution in [3.63, 3.8) is 0 Å². The number of ether oxygens (including phenoxy) is 1. The van der Waals surface area contributed by atoms with Crippen LogP contribution < -0.4 is 0 Å². The van der Waals surface area contributed by atoms with Gasteiger partial charge < -0.3 is 4.74 Å². The van der Waals surface area contributed by atoms with Crippen LogP contribution in [0, 0.1) is 0 Å². The molecule has 0 spiro atoms. The molecule has 0 aliphatic heterocycles. The van der Waals surface area contributed by atoms with Gasteiger partial charge in [0.15, 0.2) is 0 Å². The molecule has 76 valence electrons. The van der Waals surface area contributed by atoms with Gasteiger partial charge in [-0.3, -0.25) is 0 Å². The van der Waals surface area contributed by atoms with E-state index in [4.69, 9.17) is 4.74 Å². The van der Waals surface area contributed by atoms with Crippen LogP contribution in [0.25, 0.3) is 0 Å². The minimum atomic E-state index is 0.0256. The Hall–Kier alpha value is -0.820. The molecule has 0 saturated carbocycles. The molecule has 0 bridgehead atoms. The molecule has 0 aromatic heterocycles. The van der Waals surface area contributed by atoms with Crippen molar-refractivity contribution in [3.05, 3.63) is 35.4 Å². The van der Waals surface area contributed by atoms with Gasteiger partial charge in [0.2, 0.25) is 0 Å². The van der Waals surface area contributed by atoms with Crippen LogP contribution in [-0.2, 0) is 17.6 Å². The Morgan fingerprint density at radius 2 is 1.64 bits per heavy atom. The van der Waals surface area contributed by atoms with E-state index in [1.54, 1.807) is 0 Å². The summed E-state index contributed by atoms with van der Waals surface area (Å²) in [5.74, 6) is 0. The van der Waals surface area contributed by atoms with Gasteiger partial charge in [0.25, 0.3) is 0 Å². The van der Waals surface area contributed by atoms with E-state index in [2.05, 4.69) is 45.0 Å². The van der Waals surface area contributed by atoms with Gasteiger partial charge in [0, 0.05) is 12.8 Å². The Bertz CT molecular complexity index is 303. The first kappa shape index (κ1) is 9.72. The first-order chi connectivity index (χ1) is 6.59. The molecular formula is C13H18O. The summed E-state index contributed by atoms with van der Waals surface area (Å²) >= 11 is 0. The zero-order chi connectivity index (χ0) is 10.2. The van der Waals surface area contributed by atoms with Gasteiger partial charge in [-0.1, -0.05) is 24.3 Å². The summed E-state index contributed by atoms with van der Waals surface area (Å²) in [5.41, 5.74) is 2.93. The van der Waals surface area contributed by atoms with Crippen molar-refractivity contribution in [2.75, 3.05) is 0 Å². The normalized spacial score (nSPS) is 18.6. The van der Waals surface area contributed by atoms with Gasteiger partial charge in [-0.25, -0.2) is 0 Å². The molecule has 1 aliphatic rings. The molecule has 14 heavy (non-hydrogen) atoms. The van der Waals surface area contributed by atoms with Crippen molar-refractivity contribution in [1.29, 1.82) is 0 Å². The highest BCUT2D eigenvalue weighted by Crippen LogP contribution is 2.33. The van der Waals surface area contributed by atoms with E-state index in [0.29, 0.717) is 6.10 Å². The van der Waals surface area contributed by atoms with Crippen molar-refractivity contribution >= 4 is 0 Å². The molecular weight excluding hydrogens is 172 g/mol. The summed E-state index contributed by atoms with van der Waals surface area (Å²) in [7, 11) is 0. The lowest BCUT2D eigenvalue weighted by molar-refractivity contribution is -0.0606. The highest BCUT2D eigenvalue weighted by atomic mass is 16.5. The second-order valence-corrected chi connectivity index (χ2v) is 4.74. The van der Waals surface area contributed by atoms with Crippen molar-refractivity contribution in [2.24, 2.45) is 0 Å². The highest BCUT2D eigenvalue weighted by Gasteiger charge is 2.33.